The Bertz CT molecular complexity index is 861. The standard InChI is InChI=1S/C21H21NO3/c1-3-22(18-7-5-4-6-8-18)21(23)15-25-20-12-10-16-9-11-19(24-2)13-17(16)14-20/h4-14H,3,15H2,1-2H3. The van der Waals surface area contributed by atoms with E-state index in [9.17, 15) is 4.79 Å². The van der Waals surface area contributed by atoms with E-state index in [0.717, 1.165) is 22.2 Å². The lowest BCUT2D eigenvalue weighted by Crippen LogP contribution is -2.34. The maximum Gasteiger partial charge on any atom is 0.264 e. The predicted molar refractivity (Wildman–Crippen MR) is 100 cm³/mol. The van der Waals surface area contributed by atoms with E-state index in [-0.39, 0.29) is 12.5 Å². The first-order valence-electron chi connectivity index (χ1n) is 8.27. The summed E-state index contributed by atoms with van der Waals surface area (Å²) < 4.78 is 11.0. The van der Waals surface area contributed by atoms with Gasteiger partial charge in [-0.3, -0.25) is 4.79 Å². The van der Waals surface area contributed by atoms with Gasteiger partial charge in [-0.1, -0.05) is 30.3 Å². The number of hydrogen-bond acceptors (Lipinski definition) is 3. The summed E-state index contributed by atoms with van der Waals surface area (Å²) in [7, 11) is 1.64. The number of nitrogens with zero attached hydrogens (tertiary/aromatic N) is 1. The molecule has 0 aliphatic heterocycles. The van der Waals surface area contributed by atoms with Crippen LogP contribution in [0.25, 0.3) is 10.8 Å². The second-order valence-corrected chi connectivity index (χ2v) is 5.64. The Labute approximate surface area is 147 Å². The lowest BCUT2D eigenvalue weighted by Gasteiger charge is -2.21. The van der Waals surface area contributed by atoms with Crippen molar-refractivity contribution in [3.05, 3.63) is 66.7 Å². The highest BCUT2D eigenvalue weighted by atomic mass is 16.5. The van der Waals surface area contributed by atoms with E-state index in [2.05, 4.69) is 0 Å². The van der Waals surface area contributed by atoms with Gasteiger partial charge in [0.05, 0.1) is 7.11 Å². The van der Waals surface area contributed by atoms with Crippen molar-refractivity contribution in [2.75, 3.05) is 25.2 Å². The molecule has 25 heavy (non-hydrogen) atoms. The molecule has 0 spiro atoms. The summed E-state index contributed by atoms with van der Waals surface area (Å²) in [6.07, 6.45) is 0. The van der Waals surface area contributed by atoms with Gasteiger partial charge < -0.3 is 14.4 Å². The molecule has 1 amide bonds. The van der Waals surface area contributed by atoms with Crippen molar-refractivity contribution in [3.63, 3.8) is 0 Å². The lowest BCUT2D eigenvalue weighted by atomic mass is 10.1. The van der Waals surface area contributed by atoms with Crippen molar-refractivity contribution in [2.24, 2.45) is 0 Å². The molecular weight excluding hydrogens is 314 g/mol. The molecule has 0 fully saturated rings. The molecular formula is C21H21NO3. The maximum atomic E-state index is 12.5. The quantitative estimate of drug-likeness (QED) is 0.675. The Kier molecular flexibility index (Phi) is 5.19. The number of rotatable bonds is 6. The van der Waals surface area contributed by atoms with Crippen LogP contribution in [0.2, 0.25) is 0 Å². The summed E-state index contributed by atoms with van der Waals surface area (Å²) in [4.78, 5) is 14.2. The zero-order chi connectivity index (χ0) is 17.6. The van der Waals surface area contributed by atoms with Gasteiger partial charge in [0.25, 0.3) is 5.91 Å². The molecule has 0 aliphatic carbocycles. The van der Waals surface area contributed by atoms with Gasteiger partial charge in [0.2, 0.25) is 0 Å². The smallest absolute Gasteiger partial charge is 0.264 e. The normalized spacial score (nSPS) is 10.5. The molecule has 0 heterocycles. The van der Waals surface area contributed by atoms with E-state index in [0.29, 0.717) is 12.3 Å². The number of likely N-dealkylation sites (N-methyl/N-ethyl adjacent to an activating group) is 1. The number of amides is 1. The van der Waals surface area contributed by atoms with Crippen LogP contribution in [-0.4, -0.2) is 26.2 Å². The monoisotopic (exact) mass is 335 g/mol. The summed E-state index contributed by atoms with van der Waals surface area (Å²) in [5.74, 6) is 1.39. The highest BCUT2D eigenvalue weighted by Crippen LogP contribution is 2.25. The first kappa shape index (κ1) is 16.8. The third-order valence-corrected chi connectivity index (χ3v) is 4.07. The minimum atomic E-state index is -0.0700. The molecule has 0 atom stereocenters. The molecule has 0 saturated carbocycles. The molecule has 4 heteroatoms. The number of carbonyl (C=O) groups excluding carboxylic acids is 1. The first-order chi connectivity index (χ1) is 12.2. The van der Waals surface area contributed by atoms with Gasteiger partial charge in [0.1, 0.15) is 11.5 Å². The van der Waals surface area contributed by atoms with Crippen molar-refractivity contribution < 1.29 is 14.3 Å². The van der Waals surface area contributed by atoms with E-state index in [1.165, 1.54) is 0 Å². The van der Waals surface area contributed by atoms with E-state index in [1.807, 2.05) is 73.7 Å². The van der Waals surface area contributed by atoms with E-state index >= 15 is 0 Å². The average Bonchev–Trinajstić information content (AvgIpc) is 2.67. The van der Waals surface area contributed by atoms with Gasteiger partial charge >= 0.3 is 0 Å². The summed E-state index contributed by atoms with van der Waals surface area (Å²) >= 11 is 0. The van der Waals surface area contributed by atoms with Crippen molar-refractivity contribution in [3.8, 4) is 11.5 Å². The molecule has 128 valence electrons. The summed E-state index contributed by atoms with van der Waals surface area (Å²) in [5, 5.41) is 2.11. The van der Waals surface area contributed by atoms with Gasteiger partial charge in [-0.15, -0.1) is 0 Å². The molecule has 0 saturated heterocycles. The minimum absolute atomic E-state index is 0.00178. The molecule has 3 rings (SSSR count). The van der Waals surface area contributed by atoms with Crippen LogP contribution in [0.15, 0.2) is 66.7 Å². The number of hydrogen-bond donors (Lipinski definition) is 0. The topological polar surface area (TPSA) is 38.8 Å². The molecule has 0 aromatic heterocycles. The molecule has 3 aromatic carbocycles. The predicted octanol–water partition coefficient (Wildman–Crippen LogP) is 4.28. The number of anilines is 1. The maximum absolute atomic E-state index is 12.5. The van der Waals surface area contributed by atoms with Gasteiger partial charge in [0, 0.05) is 12.2 Å². The van der Waals surface area contributed by atoms with Crippen LogP contribution in [0.5, 0.6) is 11.5 Å². The fourth-order valence-electron chi connectivity index (χ4n) is 2.75. The van der Waals surface area contributed by atoms with E-state index < -0.39 is 0 Å². The van der Waals surface area contributed by atoms with Crippen molar-refractivity contribution in [2.45, 2.75) is 6.92 Å². The largest absolute Gasteiger partial charge is 0.497 e. The van der Waals surface area contributed by atoms with Gasteiger partial charge in [-0.2, -0.15) is 0 Å². The van der Waals surface area contributed by atoms with Crippen molar-refractivity contribution in [1.82, 2.24) is 0 Å². The molecule has 0 N–H and O–H groups in total. The van der Waals surface area contributed by atoms with Crippen LogP contribution in [0.3, 0.4) is 0 Å². The zero-order valence-electron chi connectivity index (χ0n) is 14.4. The van der Waals surface area contributed by atoms with Gasteiger partial charge in [0.15, 0.2) is 6.61 Å². The Hall–Kier alpha value is -3.01. The highest BCUT2D eigenvalue weighted by Gasteiger charge is 2.14. The van der Waals surface area contributed by atoms with E-state index in [1.54, 1.807) is 12.0 Å². The number of benzene rings is 3. The summed E-state index contributed by atoms with van der Waals surface area (Å²) in [5.41, 5.74) is 0.877. The number of carbonyl (C=O) groups is 1. The summed E-state index contributed by atoms with van der Waals surface area (Å²) in [6.45, 7) is 2.55. The number of ether oxygens (including phenoxy) is 2. The molecule has 0 aliphatic rings. The number of fused-ring (bicyclic) bond motifs is 1. The van der Waals surface area contributed by atoms with Crippen LogP contribution >= 0.6 is 0 Å². The van der Waals surface area contributed by atoms with Crippen molar-refractivity contribution in [1.29, 1.82) is 0 Å². The lowest BCUT2D eigenvalue weighted by molar-refractivity contribution is -0.120. The first-order valence-corrected chi connectivity index (χ1v) is 8.27. The third kappa shape index (κ3) is 3.91. The molecule has 0 bridgehead atoms. The van der Waals surface area contributed by atoms with Gasteiger partial charge in [-0.25, -0.2) is 0 Å². The number of methoxy groups -OCH3 is 1. The molecule has 0 radical (unpaired) electrons. The Morgan fingerprint density at radius 2 is 1.60 bits per heavy atom. The minimum Gasteiger partial charge on any atom is -0.497 e. The zero-order valence-corrected chi connectivity index (χ0v) is 14.4. The second kappa shape index (κ2) is 7.71. The highest BCUT2D eigenvalue weighted by molar-refractivity contribution is 5.94. The Morgan fingerprint density at radius 1 is 0.920 bits per heavy atom. The van der Waals surface area contributed by atoms with Crippen molar-refractivity contribution >= 4 is 22.4 Å². The second-order valence-electron chi connectivity index (χ2n) is 5.64. The summed E-state index contributed by atoms with van der Waals surface area (Å²) in [6, 6.07) is 21.3. The fraction of sp³-hybridized carbons (Fsp3) is 0.190. The average molecular weight is 335 g/mol. The molecule has 4 nitrogen and oxygen atoms in total. The SMILES string of the molecule is CCN(C(=O)COc1ccc2ccc(OC)cc2c1)c1ccccc1. The van der Waals surface area contributed by atoms with Crippen LogP contribution < -0.4 is 14.4 Å². The van der Waals surface area contributed by atoms with Crippen LogP contribution in [-0.2, 0) is 4.79 Å². The van der Waals surface area contributed by atoms with Crippen LogP contribution in [0.1, 0.15) is 6.92 Å². The third-order valence-electron chi connectivity index (χ3n) is 4.07. The number of para-hydroxylation sites is 1. The van der Waals surface area contributed by atoms with E-state index in [4.69, 9.17) is 9.47 Å². The van der Waals surface area contributed by atoms with Gasteiger partial charge in [-0.05, 0) is 54.1 Å². The Morgan fingerprint density at radius 3 is 2.28 bits per heavy atom. The fourth-order valence-corrected chi connectivity index (χ4v) is 2.75. The Balaban J connectivity index is 1.72. The molecule has 3 aromatic rings. The molecule has 0 unspecified atom stereocenters. The van der Waals surface area contributed by atoms with Crippen LogP contribution in [0, 0.1) is 0 Å². The van der Waals surface area contributed by atoms with Crippen LogP contribution in [0.4, 0.5) is 5.69 Å².